The molecule has 0 bridgehead atoms. The fraction of sp³-hybridized carbons (Fsp3) is 0.429. The van der Waals surface area contributed by atoms with Gasteiger partial charge in [-0.1, -0.05) is 23.2 Å². The lowest BCUT2D eigenvalue weighted by atomic mass is 10.2. The van der Waals surface area contributed by atoms with Crippen LogP contribution in [0.3, 0.4) is 0 Å². The Morgan fingerprint density at radius 3 is 2.45 bits per heavy atom. The van der Waals surface area contributed by atoms with E-state index in [1.54, 1.807) is 19.4 Å². The number of amides is 2. The maximum Gasteiger partial charge on any atom is 0.324 e. The molecule has 6 nitrogen and oxygen atoms in total. The number of ether oxygens (including phenoxy) is 1. The molecule has 0 atom stereocenters. The van der Waals surface area contributed by atoms with E-state index in [-0.39, 0.29) is 6.03 Å². The molecule has 1 aromatic heterocycles. The van der Waals surface area contributed by atoms with Gasteiger partial charge in [0.05, 0.1) is 17.2 Å². The number of hydrogen-bond donors (Lipinski definition) is 0. The lowest BCUT2D eigenvalue weighted by molar-refractivity contribution is 0.200. The molecule has 2 amide bonds. The Balaban J connectivity index is 1.44. The highest BCUT2D eigenvalue weighted by atomic mass is 35.5. The van der Waals surface area contributed by atoms with E-state index in [4.69, 9.17) is 27.9 Å². The first kappa shape index (κ1) is 20.1. The van der Waals surface area contributed by atoms with Gasteiger partial charge in [-0.25, -0.2) is 9.78 Å². The molecule has 0 unspecified atom stereocenters. The lowest BCUT2D eigenvalue weighted by Gasteiger charge is -2.38. The standard InChI is InChI=1S/C21H24Cl2N4O2/c1-29-18-6-4-17(5-7-18)27(14-15-2-3-15)21(28)26-10-8-25(9-11-26)20-19(23)12-16(22)13-24-20/h4-7,12-13,15H,2-3,8-11,14H2,1H3. The van der Waals surface area contributed by atoms with Crippen LogP contribution in [0.4, 0.5) is 16.3 Å². The number of piperazine rings is 1. The second kappa shape index (κ2) is 8.67. The van der Waals surface area contributed by atoms with E-state index in [1.165, 1.54) is 12.8 Å². The average molecular weight is 435 g/mol. The van der Waals surface area contributed by atoms with Gasteiger partial charge in [-0.2, -0.15) is 0 Å². The number of benzene rings is 1. The molecule has 1 aliphatic heterocycles. The zero-order chi connectivity index (χ0) is 20.4. The Morgan fingerprint density at radius 2 is 1.86 bits per heavy atom. The number of methoxy groups -OCH3 is 1. The second-order valence-corrected chi connectivity index (χ2v) is 8.31. The van der Waals surface area contributed by atoms with Crippen molar-refractivity contribution >= 4 is 40.7 Å². The normalized spacial score (nSPS) is 16.7. The van der Waals surface area contributed by atoms with Crippen LogP contribution in [0.2, 0.25) is 10.0 Å². The zero-order valence-electron chi connectivity index (χ0n) is 16.4. The third-order valence-electron chi connectivity index (χ3n) is 5.39. The van der Waals surface area contributed by atoms with Gasteiger partial charge in [-0.15, -0.1) is 0 Å². The molecule has 4 rings (SSSR count). The minimum atomic E-state index is 0.0527. The maximum absolute atomic E-state index is 13.3. The molecule has 2 heterocycles. The Morgan fingerprint density at radius 1 is 1.17 bits per heavy atom. The van der Waals surface area contributed by atoms with Gasteiger partial charge in [0.1, 0.15) is 11.6 Å². The summed E-state index contributed by atoms with van der Waals surface area (Å²) in [6, 6.07) is 9.45. The molecule has 0 radical (unpaired) electrons. The predicted octanol–water partition coefficient (Wildman–Crippen LogP) is 4.56. The molecular formula is C21H24Cl2N4O2. The summed E-state index contributed by atoms with van der Waals surface area (Å²) in [6.45, 7) is 3.36. The van der Waals surface area contributed by atoms with Crippen molar-refractivity contribution in [2.75, 3.05) is 49.6 Å². The zero-order valence-corrected chi connectivity index (χ0v) is 17.9. The molecule has 1 aliphatic carbocycles. The fourth-order valence-corrected chi connectivity index (χ4v) is 4.03. The van der Waals surface area contributed by atoms with E-state index >= 15 is 0 Å². The third-order valence-corrected chi connectivity index (χ3v) is 5.88. The molecule has 0 spiro atoms. The maximum atomic E-state index is 13.3. The number of rotatable bonds is 5. The van der Waals surface area contributed by atoms with Crippen LogP contribution in [0, 0.1) is 5.92 Å². The van der Waals surface area contributed by atoms with Crippen molar-refractivity contribution < 1.29 is 9.53 Å². The smallest absolute Gasteiger partial charge is 0.324 e. The second-order valence-electron chi connectivity index (χ2n) is 7.47. The van der Waals surface area contributed by atoms with Crippen LogP contribution in [0.25, 0.3) is 0 Å². The number of pyridine rings is 1. The molecule has 1 aromatic carbocycles. The summed E-state index contributed by atoms with van der Waals surface area (Å²) >= 11 is 12.2. The Kier molecular flexibility index (Phi) is 6.01. The molecule has 154 valence electrons. The lowest BCUT2D eigenvalue weighted by Crippen LogP contribution is -2.53. The van der Waals surface area contributed by atoms with E-state index in [0.717, 1.165) is 18.0 Å². The summed E-state index contributed by atoms with van der Waals surface area (Å²) in [5.74, 6) is 2.10. The van der Waals surface area contributed by atoms with Crippen molar-refractivity contribution in [3.8, 4) is 5.75 Å². The van der Waals surface area contributed by atoms with Gasteiger partial charge in [0.15, 0.2) is 0 Å². The number of urea groups is 1. The van der Waals surface area contributed by atoms with Crippen molar-refractivity contribution in [2.45, 2.75) is 12.8 Å². The van der Waals surface area contributed by atoms with Gasteiger partial charge in [0, 0.05) is 44.6 Å². The van der Waals surface area contributed by atoms with E-state index < -0.39 is 0 Å². The van der Waals surface area contributed by atoms with Crippen LogP contribution in [0.5, 0.6) is 5.75 Å². The van der Waals surface area contributed by atoms with Crippen molar-refractivity contribution in [2.24, 2.45) is 5.92 Å². The minimum absolute atomic E-state index is 0.0527. The minimum Gasteiger partial charge on any atom is -0.497 e. The number of carbonyl (C=O) groups excluding carboxylic acids is 1. The number of hydrogen-bond acceptors (Lipinski definition) is 4. The molecule has 1 saturated carbocycles. The Labute approximate surface area is 181 Å². The molecule has 29 heavy (non-hydrogen) atoms. The topological polar surface area (TPSA) is 48.9 Å². The van der Waals surface area contributed by atoms with Crippen molar-refractivity contribution in [3.63, 3.8) is 0 Å². The highest BCUT2D eigenvalue weighted by Crippen LogP contribution is 2.33. The first-order chi connectivity index (χ1) is 14.0. The van der Waals surface area contributed by atoms with E-state index in [2.05, 4.69) is 9.88 Å². The largest absolute Gasteiger partial charge is 0.497 e. The van der Waals surface area contributed by atoms with Gasteiger partial charge in [-0.3, -0.25) is 4.90 Å². The summed E-state index contributed by atoms with van der Waals surface area (Å²) in [6.07, 6.45) is 3.98. The van der Waals surface area contributed by atoms with Crippen LogP contribution in [0.15, 0.2) is 36.5 Å². The summed E-state index contributed by atoms with van der Waals surface area (Å²) in [4.78, 5) is 23.6. The highest BCUT2D eigenvalue weighted by molar-refractivity contribution is 6.36. The Bertz CT molecular complexity index is 865. The summed E-state index contributed by atoms with van der Waals surface area (Å²) < 4.78 is 5.25. The molecule has 2 aliphatic rings. The third kappa shape index (κ3) is 4.70. The van der Waals surface area contributed by atoms with E-state index in [9.17, 15) is 4.79 Å². The first-order valence-corrected chi connectivity index (χ1v) is 10.6. The van der Waals surface area contributed by atoms with E-state index in [1.807, 2.05) is 34.1 Å². The van der Waals surface area contributed by atoms with Crippen LogP contribution in [-0.2, 0) is 0 Å². The van der Waals surface area contributed by atoms with E-state index in [0.29, 0.717) is 48.0 Å². The van der Waals surface area contributed by atoms with Gasteiger partial charge in [0.25, 0.3) is 0 Å². The van der Waals surface area contributed by atoms with Gasteiger partial charge >= 0.3 is 6.03 Å². The highest BCUT2D eigenvalue weighted by Gasteiger charge is 2.32. The van der Waals surface area contributed by atoms with Gasteiger partial charge < -0.3 is 14.5 Å². The molecule has 8 heteroatoms. The average Bonchev–Trinajstić information content (AvgIpc) is 3.56. The molecule has 1 saturated heterocycles. The fourth-order valence-electron chi connectivity index (χ4n) is 3.54. The molecular weight excluding hydrogens is 411 g/mol. The van der Waals surface area contributed by atoms with Crippen molar-refractivity contribution in [1.82, 2.24) is 9.88 Å². The molecule has 2 aromatic rings. The number of halogens is 2. The van der Waals surface area contributed by atoms with Crippen LogP contribution in [0.1, 0.15) is 12.8 Å². The molecule has 0 N–H and O–H groups in total. The predicted molar refractivity (Wildman–Crippen MR) is 117 cm³/mol. The first-order valence-electron chi connectivity index (χ1n) is 9.81. The van der Waals surface area contributed by atoms with Crippen LogP contribution >= 0.6 is 23.2 Å². The summed E-state index contributed by atoms with van der Waals surface area (Å²) in [7, 11) is 1.64. The number of anilines is 2. The molecule has 2 fully saturated rings. The number of carbonyl (C=O) groups is 1. The quantitative estimate of drug-likeness (QED) is 0.691. The number of nitrogens with zero attached hydrogens (tertiary/aromatic N) is 4. The monoisotopic (exact) mass is 434 g/mol. The number of aromatic nitrogens is 1. The SMILES string of the molecule is COc1ccc(N(CC2CC2)C(=O)N2CCN(c3ncc(Cl)cc3Cl)CC2)cc1. The van der Waals surface area contributed by atoms with Gasteiger partial charge in [-0.05, 0) is 49.1 Å². The van der Waals surface area contributed by atoms with Crippen LogP contribution < -0.4 is 14.5 Å². The van der Waals surface area contributed by atoms with Crippen molar-refractivity contribution in [3.05, 3.63) is 46.6 Å². The Hall–Kier alpha value is -2.18. The van der Waals surface area contributed by atoms with Gasteiger partial charge in [0.2, 0.25) is 0 Å². The van der Waals surface area contributed by atoms with Crippen molar-refractivity contribution in [1.29, 1.82) is 0 Å². The summed E-state index contributed by atoms with van der Waals surface area (Å²) in [5, 5.41) is 1.05. The summed E-state index contributed by atoms with van der Waals surface area (Å²) in [5.41, 5.74) is 0.910. The van der Waals surface area contributed by atoms with Crippen LogP contribution in [-0.4, -0.2) is 55.7 Å².